The zero-order valence-corrected chi connectivity index (χ0v) is 11.1. The minimum Gasteiger partial charge on any atom is -0.437 e. The Balaban J connectivity index is 2.25. The minimum absolute atomic E-state index is 0.0520. The van der Waals surface area contributed by atoms with Crippen LogP contribution in [0.3, 0.4) is 0 Å². The van der Waals surface area contributed by atoms with E-state index < -0.39 is 0 Å². The van der Waals surface area contributed by atoms with Gasteiger partial charge in [0.15, 0.2) is 0 Å². The second-order valence-corrected chi connectivity index (χ2v) is 4.66. The first-order valence-electron chi connectivity index (χ1n) is 5.72. The Hall–Kier alpha value is -1.58. The van der Waals surface area contributed by atoms with Gasteiger partial charge in [0.2, 0.25) is 5.88 Å². The topological polar surface area (TPSA) is 48.1 Å². The number of pyridine rings is 1. The summed E-state index contributed by atoms with van der Waals surface area (Å²) in [6.07, 6.45) is 1.68. The molecule has 2 N–H and O–H groups in total. The van der Waals surface area contributed by atoms with Crippen LogP contribution in [0.4, 0.5) is 0 Å². The summed E-state index contributed by atoms with van der Waals surface area (Å²) in [7, 11) is 0. The third-order valence-corrected chi connectivity index (χ3v) is 2.88. The van der Waals surface area contributed by atoms with Crippen LogP contribution in [0.2, 0.25) is 5.02 Å². The molecule has 1 heterocycles. The lowest BCUT2D eigenvalue weighted by atomic mass is 10.1. The quantitative estimate of drug-likeness (QED) is 0.914. The van der Waals surface area contributed by atoms with E-state index in [0.717, 1.165) is 11.1 Å². The van der Waals surface area contributed by atoms with Gasteiger partial charge in [-0.1, -0.05) is 17.7 Å². The van der Waals surface area contributed by atoms with Gasteiger partial charge in [0, 0.05) is 18.3 Å². The van der Waals surface area contributed by atoms with Crippen LogP contribution in [-0.4, -0.2) is 4.98 Å². The summed E-state index contributed by atoms with van der Waals surface area (Å²) in [5, 5.41) is 0.572. The number of benzene rings is 1. The van der Waals surface area contributed by atoms with Crippen molar-refractivity contribution in [2.45, 2.75) is 19.9 Å². The molecule has 1 atom stereocenters. The molecule has 0 amide bonds. The first-order chi connectivity index (χ1) is 8.56. The predicted molar refractivity (Wildman–Crippen MR) is 73.1 cm³/mol. The smallest absolute Gasteiger partial charge is 0.219 e. The summed E-state index contributed by atoms with van der Waals surface area (Å²) in [4.78, 5) is 4.14. The van der Waals surface area contributed by atoms with E-state index in [-0.39, 0.29) is 6.04 Å². The number of ether oxygens (including phenoxy) is 1. The molecular weight excluding hydrogens is 248 g/mol. The number of halogens is 1. The maximum Gasteiger partial charge on any atom is 0.219 e. The summed E-state index contributed by atoms with van der Waals surface area (Å²) in [6.45, 7) is 3.89. The molecule has 1 aromatic heterocycles. The van der Waals surface area contributed by atoms with Gasteiger partial charge in [-0.05, 0) is 43.2 Å². The number of hydrogen-bond donors (Lipinski definition) is 1. The normalized spacial score (nSPS) is 12.2. The van der Waals surface area contributed by atoms with Gasteiger partial charge < -0.3 is 10.5 Å². The molecule has 2 rings (SSSR count). The van der Waals surface area contributed by atoms with E-state index in [1.165, 1.54) is 0 Å². The van der Waals surface area contributed by atoms with Gasteiger partial charge in [0.25, 0.3) is 0 Å². The van der Waals surface area contributed by atoms with Gasteiger partial charge >= 0.3 is 0 Å². The highest BCUT2D eigenvalue weighted by Gasteiger charge is 2.06. The molecule has 0 bridgehead atoms. The summed E-state index contributed by atoms with van der Waals surface area (Å²) < 4.78 is 5.66. The highest BCUT2D eigenvalue weighted by atomic mass is 35.5. The van der Waals surface area contributed by atoms with Crippen LogP contribution in [0.25, 0.3) is 0 Å². The molecule has 1 aromatic carbocycles. The molecule has 2 aromatic rings. The van der Waals surface area contributed by atoms with Crippen molar-refractivity contribution >= 4 is 11.6 Å². The molecular formula is C14H15ClN2O. The van der Waals surface area contributed by atoms with Crippen LogP contribution >= 0.6 is 11.6 Å². The number of aromatic nitrogens is 1. The van der Waals surface area contributed by atoms with Crippen molar-refractivity contribution in [2.24, 2.45) is 5.73 Å². The van der Waals surface area contributed by atoms with Crippen molar-refractivity contribution in [3.8, 4) is 11.6 Å². The van der Waals surface area contributed by atoms with Crippen molar-refractivity contribution in [2.75, 3.05) is 0 Å². The van der Waals surface area contributed by atoms with Crippen molar-refractivity contribution in [1.29, 1.82) is 0 Å². The third kappa shape index (κ3) is 3.00. The van der Waals surface area contributed by atoms with Gasteiger partial charge in [-0.25, -0.2) is 4.98 Å². The molecule has 0 fully saturated rings. The fourth-order valence-electron chi connectivity index (χ4n) is 1.57. The second kappa shape index (κ2) is 5.38. The van der Waals surface area contributed by atoms with Crippen molar-refractivity contribution in [3.63, 3.8) is 0 Å². The van der Waals surface area contributed by atoms with Crippen LogP contribution in [0, 0.1) is 6.92 Å². The van der Waals surface area contributed by atoms with E-state index >= 15 is 0 Å². The van der Waals surface area contributed by atoms with Gasteiger partial charge in [-0.15, -0.1) is 0 Å². The first-order valence-corrected chi connectivity index (χ1v) is 6.09. The SMILES string of the molecule is Cc1ccc(Oc2cc([C@@H](C)N)ccn2)c(Cl)c1. The highest BCUT2D eigenvalue weighted by Crippen LogP contribution is 2.29. The molecule has 0 aliphatic rings. The zero-order valence-electron chi connectivity index (χ0n) is 10.4. The van der Waals surface area contributed by atoms with Gasteiger partial charge in [0.05, 0.1) is 5.02 Å². The Morgan fingerprint density at radius 1 is 1.28 bits per heavy atom. The van der Waals surface area contributed by atoms with Gasteiger partial charge in [-0.3, -0.25) is 0 Å². The molecule has 0 aliphatic heterocycles. The first kappa shape index (κ1) is 12.9. The van der Waals surface area contributed by atoms with Crippen molar-refractivity contribution < 1.29 is 4.74 Å². The second-order valence-electron chi connectivity index (χ2n) is 4.25. The lowest BCUT2D eigenvalue weighted by Gasteiger charge is -2.10. The lowest BCUT2D eigenvalue weighted by Crippen LogP contribution is -2.05. The predicted octanol–water partition coefficient (Wildman–Crippen LogP) is 3.86. The molecule has 0 unspecified atom stereocenters. The standard InChI is InChI=1S/C14H15ClN2O/c1-9-3-4-13(12(15)7-9)18-14-8-11(10(2)16)5-6-17-14/h3-8,10H,16H2,1-2H3/t10-/m1/s1. The zero-order chi connectivity index (χ0) is 13.1. The van der Waals surface area contributed by atoms with E-state index in [4.69, 9.17) is 22.1 Å². The van der Waals surface area contributed by atoms with E-state index in [1.54, 1.807) is 6.20 Å². The molecule has 0 radical (unpaired) electrons. The molecule has 94 valence electrons. The molecule has 0 aliphatic carbocycles. The number of aryl methyl sites for hydroxylation is 1. The molecule has 18 heavy (non-hydrogen) atoms. The van der Waals surface area contributed by atoms with Gasteiger partial charge in [0.1, 0.15) is 5.75 Å². The number of rotatable bonds is 3. The van der Waals surface area contributed by atoms with E-state index in [9.17, 15) is 0 Å². The molecule has 0 saturated heterocycles. The Morgan fingerprint density at radius 2 is 2.06 bits per heavy atom. The van der Waals surface area contributed by atoms with Crippen LogP contribution in [0.15, 0.2) is 36.5 Å². The van der Waals surface area contributed by atoms with Crippen LogP contribution in [0.1, 0.15) is 24.1 Å². The van der Waals surface area contributed by atoms with Gasteiger partial charge in [-0.2, -0.15) is 0 Å². The van der Waals surface area contributed by atoms with Crippen molar-refractivity contribution in [1.82, 2.24) is 4.98 Å². The number of nitrogens with two attached hydrogens (primary N) is 1. The maximum absolute atomic E-state index is 6.10. The van der Waals surface area contributed by atoms with Crippen LogP contribution in [0.5, 0.6) is 11.6 Å². The lowest BCUT2D eigenvalue weighted by molar-refractivity contribution is 0.461. The fourth-order valence-corrected chi connectivity index (χ4v) is 1.84. The summed E-state index contributed by atoms with van der Waals surface area (Å²) in [6, 6.07) is 9.26. The third-order valence-electron chi connectivity index (χ3n) is 2.59. The largest absolute Gasteiger partial charge is 0.437 e. The Morgan fingerprint density at radius 3 is 2.72 bits per heavy atom. The van der Waals surface area contributed by atoms with Crippen LogP contribution < -0.4 is 10.5 Å². The van der Waals surface area contributed by atoms with E-state index in [0.29, 0.717) is 16.7 Å². The molecule has 0 saturated carbocycles. The van der Waals surface area contributed by atoms with Crippen LogP contribution in [-0.2, 0) is 0 Å². The Kier molecular flexibility index (Phi) is 3.84. The summed E-state index contributed by atoms with van der Waals surface area (Å²) in [5.41, 5.74) is 7.88. The molecule has 0 spiro atoms. The number of hydrogen-bond acceptors (Lipinski definition) is 3. The van der Waals surface area contributed by atoms with E-state index in [2.05, 4.69) is 4.98 Å². The molecule has 4 heteroatoms. The number of nitrogens with zero attached hydrogens (tertiary/aromatic N) is 1. The summed E-state index contributed by atoms with van der Waals surface area (Å²) in [5.74, 6) is 1.09. The Bertz CT molecular complexity index is 555. The highest BCUT2D eigenvalue weighted by molar-refractivity contribution is 6.32. The average molecular weight is 263 g/mol. The fraction of sp³-hybridized carbons (Fsp3) is 0.214. The minimum atomic E-state index is -0.0520. The maximum atomic E-state index is 6.10. The molecule has 3 nitrogen and oxygen atoms in total. The van der Waals surface area contributed by atoms with Crippen molar-refractivity contribution in [3.05, 3.63) is 52.7 Å². The van der Waals surface area contributed by atoms with E-state index in [1.807, 2.05) is 44.2 Å². The average Bonchev–Trinajstić information content (AvgIpc) is 2.33. The Labute approximate surface area is 112 Å². The monoisotopic (exact) mass is 262 g/mol. The summed E-state index contributed by atoms with van der Waals surface area (Å²) >= 11 is 6.10.